The van der Waals surface area contributed by atoms with Gasteiger partial charge in [0.05, 0.1) is 5.69 Å². The molecule has 1 saturated heterocycles. The predicted octanol–water partition coefficient (Wildman–Crippen LogP) is 3.43. The molecule has 0 aliphatic carbocycles. The number of halogens is 1. The Morgan fingerprint density at radius 3 is 2.64 bits per heavy atom. The van der Waals surface area contributed by atoms with E-state index in [0.29, 0.717) is 23.5 Å². The van der Waals surface area contributed by atoms with Gasteiger partial charge in [0, 0.05) is 31.9 Å². The molecule has 28 heavy (non-hydrogen) atoms. The molecule has 1 N–H and O–H groups in total. The lowest BCUT2D eigenvalue weighted by atomic mass is 10.0. The van der Waals surface area contributed by atoms with E-state index >= 15 is 0 Å². The largest absolute Gasteiger partial charge is 0.348 e. The normalized spacial score (nSPS) is 15.8. The van der Waals surface area contributed by atoms with Gasteiger partial charge in [-0.25, -0.2) is 9.37 Å². The molecule has 1 aliphatic heterocycles. The number of rotatable bonds is 5. The van der Waals surface area contributed by atoms with Gasteiger partial charge in [-0.3, -0.25) is 14.1 Å². The Bertz CT molecular complexity index is 961. The molecule has 2 aromatic heterocycles. The van der Waals surface area contributed by atoms with Gasteiger partial charge in [-0.2, -0.15) is 0 Å². The van der Waals surface area contributed by atoms with E-state index in [0.717, 1.165) is 32.5 Å². The molecular weight excluding hydrogens is 355 g/mol. The summed E-state index contributed by atoms with van der Waals surface area (Å²) in [5.41, 5.74) is 3.06. The molecule has 0 saturated carbocycles. The number of nitrogens with zero attached hydrogens (tertiary/aromatic N) is 3. The van der Waals surface area contributed by atoms with Crippen LogP contribution in [0.15, 0.2) is 48.7 Å². The Hall–Kier alpha value is -2.73. The van der Waals surface area contributed by atoms with Crippen LogP contribution in [0.25, 0.3) is 5.65 Å². The summed E-state index contributed by atoms with van der Waals surface area (Å²) in [5.74, 6) is -0.549. The zero-order valence-corrected chi connectivity index (χ0v) is 16.1. The third-order valence-corrected chi connectivity index (χ3v) is 5.38. The van der Waals surface area contributed by atoms with E-state index in [2.05, 4.69) is 39.5 Å². The average Bonchev–Trinajstić information content (AvgIpc) is 3.08. The maximum atomic E-state index is 13.7. The van der Waals surface area contributed by atoms with E-state index in [-0.39, 0.29) is 17.8 Å². The number of piperidine rings is 1. The Labute approximate surface area is 164 Å². The van der Waals surface area contributed by atoms with Gasteiger partial charge in [-0.1, -0.05) is 37.3 Å². The molecule has 0 atom stereocenters. The maximum Gasteiger partial charge on any atom is 0.270 e. The summed E-state index contributed by atoms with van der Waals surface area (Å²) in [4.78, 5) is 19.8. The number of fused-ring (bicyclic) bond motifs is 1. The number of aromatic nitrogens is 2. The number of hydrogen-bond acceptors (Lipinski definition) is 3. The van der Waals surface area contributed by atoms with Gasteiger partial charge >= 0.3 is 0 Å². The van der Waals surface area contributed by atoms with Crippen LogP contribution < -0.4 is 5.32 Å². The van der Waals surface area contributed by atoms with E-state index in [1.54, 1.807) is 10.5 Å². The quantitative estimate of drug-likeness (QED) is 0.738. The van der Waals surface area contributed by atoms with Crippen LogP contribution in [0.1, 0.15) is 41.5 Å². The summed E-state index contributed by atoms with van der Waals surface area (Å²) in [6, 6.07) is 13.5. The lowest BCUT2D eigenvalue weighted by Crippen LogP contribution is -2.44. The fraction of sp³-hybridized carbons (Fsp3) is 0.364. The van der Waals surface area contributed by atoms with Crippen molar-refractivity contribution in [3.05, 3.63) is 71.4 Å². The minimum atomic E-state index is -0.379. The Morgan fingerprint density at radius 1 is 1.18 bits per heavy atom. The molecule has 0 radical (unpaired) electrons. The number of carbonyl (C=O) groups is 1. The topological polar surface area (TPSA) is 49.6 Å². The summed E-state index contributed by atoms with van der Waals surface area (Å²) < 4.78 is 15.3. The summed E-state index contributed by atoms with van der Waals surface area (Å²) in [7, 11) is 0. The number of likely N-dealkylation sites (tertiary alicyclic amines) is 1. The molecule has 5 nitrogen and oxygen atoms in total. The van der Waals surface area contributed by atoms with E-state index < -0.39 is 0 Å². The van der Waals surface area contributed by atoms with Crippen LogP contribution in [0, 0.1) is 5.82 Å². The molecule has 4 rings (SSSR count). The lowest BCUT2D eigenvalue weighted by molar-refractivity contribution is 0.0902. The van der Waals surface area contributed by atoms with Crippen LogP contribution in [0.4, 0.5) is 4.39 Å². The van der Waals surface area contributed by atoms with Gasteiger partial charge in [0.25, 0.3) is 5.91 Å². The van der Waals surface area contributed by atoms with Crippen molar-refractivity contribution in [2.45, 2.75) is 38.8 Å². The fourth-order valence-corrected chi connectivity index (χ4v) is 3.89. The standard InChI is InChI=1S/C22H25FN4O/c1-2-19-21(27-15-17(23)8-9-20(27)25-19)22(28)24-18-10-12-26(13-11-18)14-16-6-4-3-5-7-16/h3-9,15,18H,2,10-14H2,1H3,(H,24,28). The van der Waals surface area contributed by atoms with Crippen LogP contribution in [-0.4, -0.2) is 39.3 Å². The SMILES string of the molecule is CCc1nc2ccc(F)cn2c1C(=O)NC1CCN(Cc2ccccc2)CC1. The summed E-state index contributed by atoms with van der Waals surface area (Å²) in [6.07, 6.45) is 3.77. The molecule has 1 amide bonds. The fourth-order valence-electron chi connectivity index (χ4n) is 3.89. The lowest BCUT2D eigenvalue weighted by Gasteiger charge is -2.32. The van der Waals surface area contributed by atoms with Gasteiger partial charge in [0.15, 0.2) is 0 Å². The van der Waals surface area contributed by atoms with Crippen LogP contribution in [0.3, 0.4) is 0 Å². The Kier molecular flexibility index (Phi) is 5.39. The predicted molar refractivity (Wildman–Crippen MR) is 107 cm³/mol. The molecule has 1 aliphatic rings. The van der Waals surface area contributed by atoms with E-state index in [1.165, 1.54) is 17.8 Å². The van der Waals surface area contributed by atoms with E-state index in [9.17, 15) is 9.18 Å². The molecule has 3 aromatic rings. The average molecular weight is 380 g/mol. The van der Waals surface area contributed by atoms with Crippen LogP contribution in [0.5, 0.6) is 0 Å². The summed E-state index contributed by atoms with van der Waals surface area (Å²) in [5, 5.41) is 3.14. The number of amides is 1. The zero-order valence-electron chi connectivity index (χ0n) is 16.1. The number of benzene rings is 1. The molecule has 1 aromatic carbocycles. The van der Waals surface area contributed by atoms with Crippen LogP contribution in [0.2, 0.25) is 0 Å². The highest BCUT2D eigenvalue weighted by Gasteiger charge is 2.24. The number of carbonyl (C=O) groups excluding carboxylic acids is 1. The van der Waals surface area contributed by atoms with Crippen molar-refractivity contribution in [1.29, 1.82) is 0 Å². The third-order valence-electron chi connectivity index (χ3n) is 5.38. The van der Waals surface area contributed by atoms with Crippen molar-refractivity contribution in [1.82, 2.24) is 19.6 Å². The smallest absolute Gasteiger partial charge is 0.270 e. The molecule has 146 valence electrons. The van der Waals surface area contributed by atoms with Gasteiger partial charge in [0.1, 0.15) is 17.2 Å². The summed E-state index contributed by atoms with van der Waals surface area (Å²) >= 11 is 0. The van der Waals surface area contributed by atoms with Crippen molar-refractivity contribution < 1.29 is 9.18 Å². The second-order valence-electron chi connectivity index (χ2n) is 7.35. The molecule has 0 spiro atoms. The van der Waals surface area contributed by atoms with Crippen molar-refractivity contribution in [2.75, 3.05) is 13.1 Å². The minimum absolute atomic E-state index is 0.128. The number of pyridine rings is 1. The monoisotopic (exact) mass is 380 g/mol. The highest BCUT2D eigenvalue weighted by Crippen LogP contribution is 2.17. The molecule has 1 fully saturated rings. The molecule has 0 bridgehead atoms. The van der Waals surface area contributed by atoms with Gasteiger partial charge in [0.2, 0.25) is 0 Å². The van der Waals surface area contributed by atoms with E-state index in [1.807, 2.05) is 13.0 Å². The first-order valence-corrected chi connectivity index (χ1v) is 9.87. The number of hydrogen-bond donors (Lipinski definition) is 1. The molecule has 3 heterocycles. The molecule has 6 heteroatoms. The number of aryl methyl sites for hydroxylation is 1. The number of imidazole rings is 1. The van der Waals surface area contributed by atoms with Crippen molar-refractivity contribution >= 4 is 11.6 Å². The second-order valence-corrected chi connectivity index (χ2v) is 7.35. The maximum absolute atomic E-state index is 13.7. The second kappa shape index (κ2) is 8.10. The van der Waals surface area contributed by atoms with E-state index in [4.69, 9.17) is 0 Å². The minimum Gasteiger partial charge on any atom is -0.348 e. The Balaban J connectivity index is 1.41. The first-order chi connectivity index (χ1) is 13.6. The van der Waals surface area contributed by atoms with Gasteiger partial charge < -0.3 is 5.32 Å². The summed E-state index contributed by atoms with van der Waals surface area (Å²) in [6.45, 7) is 4.79. The third kappa shape index (κ3) is 3.92. The first kappa shape index (κ1) is 18.6. The van der Waals surface area contributed by atoms with Crippen molar-refractivity contribution in [2.24, 2.45) is 0 Å². The highest BCUT2D eigenvalue weighted by molar-refractivity contribution is 5.95. The molecule has 0 unspecified atom stereocenters. The highest BCUT2D eigenvalue weighted by atomic mass is 19.1. The van der Waals surface area contributed by atoms with Gasteiger partial charge in [-0.05, 0) is 37.0 Å². The first-order valence-electron chi connectivity index (χ1n) is 9.87. The molecular formula is C22H25FN4O. The van der Waals surface area contributed by atoms with Gasteiger partial charge in [-0.15, -0.1) is 0 Å². The number of nitrogens with one attached hydrogen (secondary N) is 1. The van der Waals surface area contributed by atoms with Crippen LogP contribution >= 0.6 is 0 Å². The van der Waals surface area contributed by atoms with Crippen molar-refractivity contribution in [3.63, 3.8) is 0 Å². The van der Waals surface area contributed by atoms with Crippen LogP contribution in [-0.2, 0) is 13.0 Å². The Morgan fingerprint density at radius 2 is 1.93 bits per heavy atom. The zero-order chi connectivity index (χ0) is 19.5. The van der Waals surface area contributed by atoms with Crippen molar-refractivity contribution in [3.8, 4) is 0 Å².